The summed E-state index contributed by atoms with van der Waals surface area (Å²) in [5.41, 5.74) is 7.58. The lowest BCUT2D eigenvalue weighted by Gasteiger charge is -2.12. The van der Waals surface area contributed by atoms with Gasteiger partial charge in [0.1, 0.15) is 6.61 Å². The van der Waals surface area contributed by atoms with Crippen LogP contribution in [0.5, 0.6) is 11.5 Å². The van der Waals surface area contributed by atoms with Crippen LogP contribution in [0.15, 0.2) is 17.2 Å². The lowest BCUT2D eigenvalue weighted by atomic mass is 10.2. The number of carbonyl (C=O) groups excluding carboxylic acids is 1. The van der Waals surface area contributed by atoms with Crippen LogP contribution in [0.1, 0.15) is 12.5 Å². The van der Waals surface area contributed by atoms with Crippen molar-refractivity contribution >= 4 is 23.8 Å². The van der Waals surface area contributed by atoms with E-state index in [-0.39, 0.29) is 6.61 Å². The van der Waals surface area contributed by atoms with Gasteiger partial charge < -0.3 is 15.2 Å². The number of nitrogens with two attached hydrogens (primary N) is 1. The Hall–Kier alpha value is -2.39. The van der Waals surface area contributed by atoms with Crippen molar-refractivity contribution in [2.75, 3.05) is 13.2 Å². The molecule has 0 aromatic heterocycles. The maximum Gasteiger partial charge on any atom is 0.332 e. The minimum atomic E-state index is -0.758. The Morgan fingerprint density at radius 2 is 2.35 bits per heavy atom. The first kappa shape index (κ1) is 15.7. The van der Waals surface area contributed by atoms with E-state index < -0.39 is 6.03 Å². The molecule has 0 saturated heterocycles. The Labute approximate surface area is 121 Å². The molecule has 1 aromatic carbocycles. The molecule has 0 heterocycles. The van der Waals surface area contributed by atoms with E-state index in [1.165, 1.54) is 6.21 Å². The maximum atomic E-state index is 10.5. The molecular formula is C13H14ClN3O3. The summed E-state index contributed by atoms with van der Waals surface area (Å²) in [7, 11) is 0. The third-order valence-corrected chi connectivity index (χ3v) is 2.30. The number of benzene rings is 1. The van der Waals surface area contributed by atoms with Crippen LogP contribution in [0.2, 0.25) is 5.02 Å². The summed E-state index contributed by atoms with van der Waals surface area (Å²) < 4.78 is 10.8. The first-order valence-electron chi connectivity index (χ1n) is 5.69. The van der Waals surface area contributed by atoms with Crippen LogP contribution in [0.4, 0.5) is 4.79 Å². The van der Waals surface area contributed by atoms with E-state index in [2.05, 4.69) is 16.4 Å². The molecule has 0 aliphatic rings. The van der Waals surface area contributed by atoms with Gasteiger partial charge in [0.2, 0.25) is 0 Å². The number of halogens is 1. The van der Waals surface area contributed by atoms with Gasteiger partial charge in [-0.15, -0.1) is 6.42 Å². The number of ether oxygens (including phenoxy) is 2. The van der Waals surface area contributed by atoms with Gasteiger partial charge in [-0.1, -0.05) is 17.5 Å². The van der Waals surface area contributed by atoms with Gasteiger partial charge >= 0.3 is 6.03 Å². The molecule has 0 saturated carbocycles. The number of carbonyl (C=O) groups is 1. The van der Waals surface area contributed by atoms with Gasteiger partial charge in [-0.2, -0.15) is 5.10 Å². The second-order valence-corrected chi connectivity index (χ2v) is 3.90. The van der Waals surface area contributed by atoms with Gasteiger partial charge in [0.05, 0.1) is 17.8 Å². The number of terminal acetylenes is 1. The summed E-state index contributed by atoms with van der Waals surface area (Å²) in [6.45, 7) is 2.34. The number of rotatable bonds is 6. The summed E-state index contributed by atoms with van der Waals surface area (Å²) >= 11 is 6.10. The Kier molecular flexibility index (Phi) is 6.20. The van der Waals surface area contributed by atoms with Crippen LogP contribution < -0.4 is 20.6 Å². The summed E-state index contributed by atoms with van der Waals surface area (Å²) in [6.07, 6.45) is 6.52. The number of nitrogens with zero attached hydrogens (tertiary/aromatic N) is 1. The number of primary amides is 1. The minimum Gasteiger partial charge on any atom is -0.490 e. The van der Waals surface area contributed by atoms with Crippen LogP contribution in [-0.2, 0) is 0 Å². The standard InChI is InChI=1S/C13H14ClN3O3/c1-3-5-20-12-10(14)6-9(7-11(12)19-4-2)8-16-17-13(15)18/h1,6-8H,4-5H2,2H3,(H3,15,17,18)/b16-8-. The quantitative estimate of drug-likeness (QED) is 0.476. The highest BCUT2D eigenvalue weighted by Crippen LogP contribution is 2.36. The first-order valence-corrected chi connectivity index (χ1v) is 6.07. The van der Waals surface area contributed by atoms with Crippen molar-refractivity contribution in [2.24, 2.45) is 10.8 Å². The molecular weight excluding hydrogens is 282 g/mol. The number of hydrazone groups is 1. The van der Waals surface area contributed by atoms with Crippen LogP contribution in [0.25, 0.3) is 0 Å². The highest BCUT2D eigenvalue weighted by Gasteiger charge is 2.11. The summed E-state index contributed by atoms with van der Waals surface area (Å²) in [5, 5.41) is 3.96. The lowest BCUT2D eigenvalue weighted by Crippen LogP contribution is -2.24. The molecule has 0 spiro atoms. The number of amides is 2. The third-order valence-electron chi connectivity index (χ3n) is 2.02. The molecule has 20 heavy (non-hydrogen) atoms. The van der Waals surface area contributed by atoms with Crippen molar-refractivity contribution in [2.45, 2.75) is 6.92 Å². The van der Waals surface area contributed by atoms with Gasteiger partial charge in [0, 0.05) is 0 Å². The zero-order valence-corrected chi connectivity index (χ0v) is 11.6. The van der Waals surface area contributed by atoms with Crippen molar-refractivity contribution in [3.63, 3.8) is 0 Å². The highest BCUT2D eigenvalue weighted by molar-refractivity contribution is 6.32. The molecule has 0 atom stereocenters. The molecule has 0 bridgehead atoms. The molecule has 7 heteroatoms. The Balaban J connectivity index is 3.03. The van der Waals surface area contributed by atoms with E-state index in [1.54, 1.807) is 12.1 Å². The van der Waals surface area contributed by atoms with E-state index in [9.17, 15) is 4.79 Å². The molecule has 1 rings (SSSR count). The monoisotopic (exact) mass is 295 g/mol. The topological polar surface area (TPSA) is 85.9 Å². The third kappa shape index (κ3) is 4.71. The van der Waals surface area contributed by atoms with Crippen LogP contribution in [-0.4, -0.2) is 25.5 Å². The van der Waals surface area contributed by atoms with Gasteiger partial charge in [-0.3, -0.25) is 0 Å². The molecule has 106 valence electrons. The molecule has 0 aliphatic carbocycles. The van der Waals surface area contributed by atoms with Crippen molar-refractivity contribution in [1.82, 2.24) is 5.43 Å². The molecule has 6 nitrogen and oxygen atoms in total. The number of urea groups is 1. The van der Waals surface area contributed by atoms with E-state index in [0.29, 0.717) is 28.7 Å². The predicted molar refractivity (Wildman–Crippen MR) is 77.3 cm³/mol. The van der Waals surface area contributed by atoms with E-state index in [1.807, 2.05) is 6.92 Å². The number of hydrogen-bond acceptors (Lipinski definition) is 4. The smallest absolute Gasteiger partial charge is 0.332 e. The van der Waals surface area contributed by atoms with Crippen LogP contribution in [0, 0.1) is 12.3 Å². The highest BCUT2D eigenvalue weighted by atomic mass is 35.5. The molecule has 1 aromatic rings. The van der Waals surface area contributed by atoms with Gasteiger partial charge in [0.25, 0.3) is 0 Å². The lowest BCUT2D eigenvalue weighted by molar-refractivity contribution is 0.249. The van der Waals surface area contributed by atoms with Crippen molar-refractivity contribution in [1.29, 1.82) is 0 Å². The van der Waals surface area contributed by atoms with E-state index in [4.69, 9.17) is 33.2 Å². The molecule has 0 fully saturated rings. The number of nitrogens with one attached hydrogen (secondary N) is 1. The van der Waals surface area contributed by atoms with Crippen LogP contribution in [0.3, 0.4) is 0 Å². The molecule has 2 amide bonds. The van der Waals surface area contributed by atoms with Crippen LogP contribution >= 0.6 is 11.6 Å². The van der Waals surface area contributed by atoms with Gasteiger partial charge in [-0.25, -0.2) is 10.2 Å². The fraction of sp³-hybridized carbons (Fsp3) is 0.231. The summed E-state index contributed by atoms with van der Waals surface area (Å²) in [5.74, 6) is 3.16. The average Bonchev–Trinajstić information content (AvgIpc) is 2.38. The fourth-order valence-electron chi connectivity index (χ4n) is 1.35. The number of hydrogen-bond donors (Lipinski definition) is 2. The normalized spacial score (nSPS) is 10.1. The van der Waals surface area contributed by atoms with Gasteiger partial charge in [-0.05, 0) is 24.6 Å². The molecule has 0 aliphatic heterocycles. The van der Waals surface area contributed by atoms with Crippen molar-refractivity contribution in [3.05, 3.63) is 22.7 Å². The average molecular weight is 296 g/mol. The Morgan fingerprint density at radius 1 is 1.60 bits per heavy atom. The van der Waals surface area contributed by atoms with Gasteiger partial charge in [0.15, 0.2) is 11.5 Å². The predicted octanol–water partition coefficient (Wildman–Crippen LogP) is 1.75. The maximum absolute atomic E-state index is 10.5. The minimum absolute atomic E-state index is 0.0798. The second kappa shape index (κ2) is 7.92. The van der Waals surface area contributed by atoms with Crippen molar-refractivity contribution in [3.8, 4) is 23.8 Å². The van der Waals surface area contributed by atoms with Crippen molar-refractivity contribution < 1.29 is 14.3 Å². The SMILES string of the molecule is C#CCOc1c(Cl)cc(/C=N\NC(N)=O)cc1OCC. The Morgan fingerprint density at radius 3 is 2.95 bits per heavy atom. The summed E-state index contributed by atoms with van der Waals surface area (Å²) in [6, 6.07) is 2.50. The fourth-order valence-corrected chi connectivity index (χ4v) is 1.62. The second-order valence-electron chi connectivity index (χ2n) is 3.49. The largest absolute Gasteiger partial charge is 0.490 e. The first-order chi connectivity index (χ1) is 9.58. The molecule has 0 radical (unpaired) electrons. The molecule has 0 unspecified atom stereocenters. The summed E-state index contributed by atoms with van der Waals surface area (Å²) in [4.78, 5) is 10.5. The van der Waals surface area contributed by atoms with E-state index >= 15 is 0 Å². The van der Waals surface area contributed by atoms with E-state index in [0.717, 1.165) is 0 Å². The Bertz CT molecular complexity index is 553. The molecule has 3 N–H and O–H groups in total. The zero-order chi connectivity index (χ0) is 15.0. The zero-order valence-electron chi connectivity index (χ0n) is 10.9.